The zero-order valence-corrected chi connectivity index (χ0v) is 17.9. The lowest BCUT2D eigenvalue weighted by atomic mass is 10.1. The minimum Gasteiger partial charge on any atom is -0.486 e. The summed E-state index contributed by atoms with van der Waals surface area (Å²) in [5, 5.41) is 2.91. The number of benzene rings is 2. The zero-order valence-electron chi connectivity index (χ0n) is 17.9. The van der Waals surface area contributed by atoms with E-state index in [0.717, 1.165) is 12.1 Å². The number of hydrogen-bond acceptors (Lipinski definition) is 5. The lowest BCUT2D eigenvalue weighted by Gasteiger charge is -2.26. The second-order valence-corrected chi connectivity index (χ2v) is 8.21. The van der Waals surface area contributed by atoms with Crippen LogP contribution in [-0.4, -0.2) is 42.9 Å². The number of piperidine rings is 1. The van der Waals surface area contributed by atoms with Crippen molar-refractivity contribution in [2.24, 2.45) is 0 Å². The van der Waals surface area contributed by atoms with Crippen molar-refractivity contribution in [3.63, 3.8) is 0 Å². The summed E-state index contributed by atoms with van der Waals surface area (Å²) in [5.41, 5.74) is 2.91. The number of ketones is 1. The van der Waals surface area contributed by atoms with Crippen LogP contribution >= 0.6 is 0 Å². The van der Waals surface area contributed by atoms with Gasteiger partial charge in [-0.05, 0) is 55.3 Å². The van der Waals surface area contributed by atoms with Crippen molar-refractivity contribution < 1.29 is 19.1 Å². The first-order chi connectivity index (χ1) is 15.2. The van der Waals surface area contributed by atoms with Crippen molar-refractivity contribution in [2.75, 3.05) is 26.3 Å². The first kappa shape index (κ1) is 21.4. The van der Waals surface area contributed by atoms with Crippen molar-refractivity contribution in [3.8, 4) is 11.5 Å². The van der Waals surface area contributed by atoms with E-state index in [2.05, 4.69) is 34.5 Å². The first-order valence-corrected chi connectivity index (χ1v) is 11.2. The molecule has 6 heteroatoms. The minimum atomic E-state index is -0.122. The number of rotatable bonds is 8. The van der Waals surface area contributed by atoms with Crippen LogP contribution in [0.3, 0.4) is 0 Å². The number of nitrogens with one attached hydrogen (secondary N) is 1. The maximum Gasteiger partial charge on any atom is 0.220 e. The number of nitrogens with zero attached hydrogens (tertiary/aromatic N) is 1. The van der Waals surface area contributed by atoms with Gasteiger partial charge in [-0.3, -0.25) is 14.5 Å². The summed E-state index contributed by atoms with van der Waals surface area (Å²) < 4.78 is 11.0. The lowest BCUT2D eigenvalue weighted by molar-refractivity contribution is -0.121. The Hall–Kier alpha value is -2.86. The number of carbonyl (C=O) groups is 2. The topological polar surface area (TPSA) is 67.9 Å². The summed E-state index contributed by atoms with van der Waals surface area (Å²) in [5.74, 6) is 1.05. The van der Waals surface area contributed by atoms with E-state index in [4.69, 9.17) is 9.47 Å². The van der Waals surface area contributed by atoms with Crippen LogP contribution in [0.1, 0.15) is 53.6 Å². The van der Waals surface area contributed by atoms with Crippen LogP contribution < -0.4 is 14.8 Å². The van der Waals surface area contributed by atoms with E-state index < -0.39 is 0 Å². The van der Waals surface area contributed by atoms with E-state index in [1.807, 2.05) is 0 Å². The van der Waals surface area contributed by atoms with Gasteiger partial charge in [0, 0.05) is 31.5 Å². The Morgan fingerprint density at radius 2 is 1.55 bits per heavy atom. The van der Waals surface area contributed by atoms with Crippen molar-refractivity contribution in [1.82, 2.24) is 10.2 Å². The van der Waals surface area contributed by atoms with Gasteiger partial charge in [-0.25, -0.2) is 0 Å². The van der Waals surface area contributed by atoms with Crippen molar-refractivity contribution >= 4 is 11.7 Å². The normalized spacial score (nSPS) is 16.0. The molecule has 1 fully saturated rings. The van der Waals surface area contributed by atoms with Crippen molar-refractivity contribution in [1.29, 1.82) is 0 Å². The van der Waals surface area contributed by atoms with Gasteiger partial charge in [-0.2, -0.15) is 0 Å². The Labute approximate surface area is 183 Å². The third-order valence-electron chi connectivity index (χ3n) is 5.81. The second kappa shape index (κ2) is 10.4. The highest BCUT2D eigenvalue weighted by molar-refractivity contribution is 5.98. The van der Waals surface area contributed by atoms with E-state index in [-0.39, 0.29) is 24.5 Å². The van der Waals surface area contributed by atoms with Crippen LogP contribution in [0, 0.1) is 0 Å². The average Bonchev–Trinajstić information content (AvgIpc) is 2.82. The van der Waals surface area contributed by atoms with Crippen LogP contribution in [0.2, 0.25) is 0 Å². The Morgan fingerprint density at radius 3 is 2.32 bits per heavy atom. The highest BCUT2D eigenvalue weighted by Crippen LogP contribution is 2.31. The fourth-order valence-electron chi connectivity index (χ4n) is 4.02. The molecule has 2 aromatic rings. The van der Waals surface area contributed by atoms with Crippen molar-refractivity contribution in [3.05, 3.63) is 59.2 Å². The Morgan fingerprint density at radius 1 is 0.839 bits per heavy atom. The predicted octanol–water partition coefficient (Wildman–Crippen LogP) is 3.72. The molecular weight excluding hydrogens is 392 g/mol. The van der Waals surface area contributed by atoms with Gasteiger partial charge in [0.25, 0.3) is 0 Å². The molecule has 0 atom stereocenters. The van der Waals surface area contributed by atoms with Gasteiger partial charge in [0.15, 0.2) is 17.3 Å². The molecule has 2 aliphatic heterocycles. The minimum absolute atomic E-state index is 0.0748. The largest absolute Gasteiger partial charge is 0.486 e. The Balaban J connectivity index is 1.20. The predicted molar refractivity (Wildman–Crippen MR) is 118 cm³/mol. The summed E-state index contributed by atoms with van der Waals surface area (Å²) >= 11 is 0. The molecule has 0 aromatic heterocycles. The molecule has 6 nitrogen and oxygen atoms in total. The molecule has 2 aromatic carbocycles. The van der Waals surface area contributed by atoms with Crippen LogP contribution in [0.5, 0.6) is 11.5 Å². The average molecular weight is 423 g/mol. The lowest BCUT2D eigenvalue weighted by Crippen LogP contribution is -2.29. The van der Waals surface area contributed by atoms with E-state index in [1.54, 1.807) is 18.2 Å². The third kappa shape index (κ3) is 6.07. The fraction of sp³-hybridized carbons (Fsp3) is 0.440. The molecule has 0 spiro atoms. The summed E-state index contributed by atoms with van der Waals surface area (Å²) in [6.07, 6.45) is 4.26. The zero-order chi connectivity index (χ0) is 21.5. The first-order valence-electron chi connectivity index (χ1n) is 11.2. The Bertz CT molecular complexity index is 904. The molecule has 0 aliphatic carbocycles. The van der Waals surface area contributed by atoms with Crippen LogP contribution in [-0.2, 0) is 17.9 Å². The monoisotopic (exact) mass is 422 g/mol. The molecule has 164 valence electrons. The van der Waals surface area contributed by atoms with Gasteiger partial charge in [0.05, 0.1) is 0 Å². The van der Waals surface area contributed by atoms with E-state index in [0.29, 0.717) is 36.8 Å². The molecule has 0 saturated carbocycles. The molecule has 1 N–H and O–H groups in total. The molecule has 4 rings (SSSR count). The summed E-state index contributed by atoms with van der Waals surface area (Å²) in [6.45, 7) is 4.83. The van der Waals surface area contributed by atoms with Gasteiger partial charge >= 0.3 is 0 Å². The number of hydrogen-bond donors (Lipinski definition) is 1. The van der Waals surface area contributed by atoms with Crippen LogP contribution in [0.4, 0.5) is 0 Å². The second-order valence-electron chi connectivity index (χ2n) is 8.21. The fourth-order valence-corrected chi connectivity index (χ4v) is 4.02. The quantitative estimate of drug-likeness (QED) is 0.657. The Kier molecular flexibility index (Phi) is 7.20. The van der Waals surface area contributed by atoms with Gasteiger partial charge in [-0.1, -0.05) is 30.7 Å². The molecular formula is C25H30N2O4. The maximum atomic E-state index is 12.4. The van der Waals surface area contributed by atoms with Gasteiger partial charge in [0.1, 0.15) is 13.2 Å². The van der Waals surface area contributed by atoms with E-state index >= 15 is 0 Å². The molecule has 0 unspecified atom stereocenters. The molecule has 1 saturated heterocycles. The highest BCUT2D eigenvalue weighted by atomic mass is 16.6. The molecule has 0 radical (unpaired) electrons. The third-order valence-corrected chi connectivity index (χ3v) is 5.81. The molecule has 1 amide bonds. The maximum absolute atomic E-state index is 12.4. The summed E-state index contributed by atoms with van der Waals surface area (Å²) in [4.78, 5) is 27.1. The molecule has 2 heterocycles. The number of ether oxygens (including phenoxy) is 2. The molecule has 2 aliphatic rings. The smallest absolute Gasteiger partial charge is 0.220 e. The van der Waals surface area contributed by atoms with Gasteiger partial charge in [0.2, 0.25) is 5.91 Å². The standard InChI is InChI=1S/C25H30N2O4/c28-22(21-8-10-23-24(16-21)31-15-14-30-23)9-11-25(29)26-17-19-4-6-20(7-5-19)18-27-12-2-1-3-13-27/h4-8,10,16H,1-3,9,11-15,17-18H2,(H,26,29). The SMILES string of the molecule is O=C(CCC(=O)c1ccc2c(c1)OCCO2)NCc1ccc(CN2CCCCC2)cc1. The molecule has 0 bridgehead atoms. The summed E-state index contributed by atoms with van der Waals surface area (Å²) in [7, 11) is 0. The van der Waals surface area contributed by atoms with E-state index in [9.17, 15) is 9.59 Å². The van der Waals surface area contributed by atoms with Gasteiger partial charge in [-0.15, -0.1) is 0 Å². The van der Waals surface area contributed by atoms with Crippen LogP contribution in [0.25, 0.3) is 0 Å². The van der Waals surface area contributed by atoms with Gasteiger partial charge < -0.3 is 14.8 Å². The number of carbonyl (C=O) groups excluding carboxylic acids is 2. The number of fused-ring (bicyclic) bond motifs is 1. The number of amides is 1. The van der Waals surface area contributed by atoms with E-state index in [1.165, 1.54) is 37.9 Å². The summed E-state index contributed by atoms with van der Waals surface area (Å²) in [6, 6.07) is 13.6. The number of Topliss-reactive ketones (excluding diaryl/α,β-unsaturated/α-hetero) is 1. The van der Waals surface area contributed by atoms with Crippen LogP contribution in [0.15, 0.2) is 42.5 Å². The highest BCUT2D eigenvalue weighted by Gasteiger charge is 2.16. The molecule has 31 heavy (non-hydrogen) atoms. The number of likely N-dealkylation sites (tertiary alicyclic amines) is 1. The van der Waals surface area contributed by atoms with Crippen molar-refractivity contribution in [2.45, 2.75) is 45.2 Å².